The van der Waals surface area contributed by atoms with Gasteiger partial charge in [0.15, 0.2) is 0 Å². The quantitative estimate of drug-likeness (QED) is 0.798. The van der Waals surface area contributed by atoms with E-state index < -0.39 is 0 Å². The molecule has 2 N–H and O–H groups in total. The largest absolute Gasteiger partial charge is 0.323 e. The summed E-state index contributed by atoms with van der Waals surface area (Å²) in [6.45, 7) is 1.69. The van der Waals surface area contributed by atoms with E-state index >= 15 is 0 Å². The number of carbonyl (C=O) groups is 1. The maximum Gasteiger partial charge on any atom is 0.228 e. The van der Waals surface area contributed by atoms with Crippen LogP contribution < -0.4 is 10.6 Å². The summed E-state index contributed by atoms with van der Waals surface area (Å²) >= 11 is 3.29. The zero-order valence-corrected chi connectivity index (χ0v) is 9.75. The molecule has 1 unspecified atom stereocenters. The highest BCUT2D eigenvalue weighted by Crippen LogP contribution is 2.20. The second kappa shape index (κ2) is 4.72. The fourth-order valence-electron chi connectivity index (χ4n) is 1.59. The molecule has 5 heteroatoms. The van der Waals surface area contributed by atoms with E-state index in [1.807, 2.05) is 6.07 Å². The maximum atomic E-state index is 11.8. The number of aromatic nitrogens is 1. The summed E-state index contributed by atoms with van der Waals surface area (Å²) in [5.74, 6) is 0.144. The molecule has 15 heavy (non-hydrogen) atoms. The zero-order chi connectivity index (χ0) is 10.7. The molecular weight excluding hydrogens is 258 g/mol. The number of nitrogens with one attached hydrogen (secondary N) is 2. The molecule has 1 aromatic heterocycles. The molecule has 1 atom stereocenters. The Morgan fingerprint density at radius 2 is 2.53 bits per heavy atom. The number of nitrogens with zero attached hydrogens (tertiary/aromatic N) is 1. The zero-order valence-electron chi connectivity index (χ0n) is 8.16. The van der Waals surface area contributed by atoms with Crippen LogP contribution in [0.3, 0.4) is 0 Å². The van der Waals surface area contributed by atoms with Gasteiger partial charge in [-0.25, -0.2) is 4.98 Å². The lowest BCUT2D eigenvalue weighted by Crippen LogP contribution is -2.24. The van der Waals surface area contributed by atoms with Gasteiger partial charge in [-0.05, 0) is 41.0 Å². The van der Waals surface area contributed by atoms with Gasteiger partial charge < -0.3 is 10.6 Å². The van der Waals surface area contributed by atoms with Crippen LogP contribution in [-0.4, -0.2) is 24.0 Å². The van der Waals surface area contributed by atoms with Gasteiger partial charge in [0.1, 0.15) is 4.60 Å². The van der Waals surface area contributed by atoms with E-state index in [2.05, 4.69) is 31.5 Å². The monoisotopic (exact) mass is 269 g/mol. The van der Waals surface area contributed by atoms with E-state index in [-0.39, 0.29) is 11.8 Å². The van der Waals surface area contributed by atoms with Crippen LogP contribution in [0.4, 0.5) is 5.69 Å². The minimum Gasteiger partial charge on any atom is -0.323 e. The summed E-state index contributed by atoms with van der Waals surface area (Å²) in [6.07, 6.45) is 2.58. The molecule has 2 heterocycles. The molecule has 0 bridgehead atoms. The number of amides is 1. The fraction of sp³-hybridized carbons (Fsp3) is 0.400. The first-order valence-electron chi connectivity index (χ1n) is 4.89. The second-order valence-electron chi connectivity index (χ2n) is 3.52. The van der Waals surface area contributed by atoms with E-state index in [0.717, 1.165) is 25.2 Å². The molecule has 80 valence electrons. The van der Waals surface area contributed by atoms with E-state index in [0.29, 0.717) is 4.60 Å². The predicted molar refractivity (Wildman–Crippen MR) is 61.5 cm³/mol. The Kier molecular flexibility index (Phi) is 3.33. The van der Waals surface area contributed by atoms with Gasteiger partial charge in [-0.2, -0.15) is 0 Å². The van der Waals surface area contributed by atoms with Crippen molar-refractivity contribution >= 4 is 27.5 Å². The Morgan fingerprint density at radius 1 is 1.67 bits per heavy atom. The number of anilines is 1. The van der Waals surface area contributed by atoms with Crippen molar-refractivity contribution in [3.63, 3.8) is 0 Å². The summed E-state index contributed by atoms with van der Waals surface area (Å²) in [7, 11) is 0. The molecule has 0 aromatic carbocycles. The van der Waals surface area contributed by atoms with Gasteiger partial charge in [0, 0.05) is 12.7 Å². The normalized spacial score (nSPS) is 20.2. The molecule has 1 aliphatic heterocycles. The molecule has 1 saturated heterocycles. The maximum absolute atomic E-state index is 11.8. The third-order valence-electron chi connectivity index (χ3n) is 2.45. The van der Waals surface area contributed by atoms with Gasteiger partial charge in [0.05, 0.1) is 11.6 Å². The van der Waals surface area contributed by atoms with Crippen LogP contribution in [0.1, 0.15) is 6.42 Å². The first-order chi connectivity index (χ1) is 7.27. The van der Waals surface area contributed by atoms with Crippen molar-refractivity contribution in [3.05, 3.63) is 22.9 Å². The predicted octanol–water partition coefficient (Wildman–Crippen LogP) is 1.39. The van der Waals surface area contributed by atoms with Gasteiger partial charge in [0.2, 0.25) is 5.91 Å². The van der Waals surface area contributed by atoms with Crippen molar-refractivity contribution in [2.24, 2.45) is 5.92 Å². The lowest BCUT2D eigenvalue weighted by Gasteiger charge is -2.10. The highest BCUT2D eigenvalue weighted by Gasteiger charge is 2.22. The lowest BCUT2D eigenvalue weighted by molar-refractivity contribution is -0.119. The molecule has 1 fully saturated rings. The third kappa shape index (κ3) is 2.54. The standard InChI is InChI=1S/C10H12BrN3O/c11-9-8(2-1-4-13-9)14-10(15)7-3-5-12-6-7/h1-2,4,7,12H,3,5-6H2,(H,14,15). The summed E-state index contributed by atoms with van der Waals surface area (Å²) in [5, 5.41) is 6.03. The SMILES string of the molecule is O=C(Nc1cccnc1Br)C1CCNC1. The van der Waals surface area contributed by atoms with Crippen molar-refractivity contribution in [1.82, 2.24) is 10.3 Å². The fourth-order valence-corrected chi connectivity index (χ4v) is 1.94. The molecule has 1 amide bonds. The molecule has 0 spiro atoms. The molecule has 1 aromatic rings. The molecule has 0 radical (unpaired) electrons. The first kappa shape index (κ1) is 10.6. The Labute approximate surface area is 96.6 Å². The van der Waals surface area contributed by atoms with Gasteiger partial charge in [-0.1, -0.05) is 0 Å². The average Bonchev–Trinajstić information content (AvgIpc) is 2.74. The van der Waals surface area contributed by atoms with Crippen LogP contribution in [0, 0.1) is 5.92 Å². The average molecular weight is 270 g/mol. The van der Waals surface area contributed by atoms with E-state index in [4.69, 9.17) is 0 Å². The summed E-state index contributed by atoms with van der Waals surface area (Å²) in [6, 6.07) is 3.63. The number of carbonyl (C=O) groups excluding carboxylic acids is 1. The lowest BCUT2D eigenvalue weighted by atomic mass is 10.1. The molecular formula is C10H12BrN3O. The van der Waals surface area contributed by atoms with Crippen LogP contribution in [0.2, 0.25) is 0 Å². The highest BCUT2D eigenvalue weighted by molar-refractivity contribution is 9.10. The smallest absolute Gasteiger partial charge is 0.228 e. The minimum atomic E-state index is 0.0636. The Hall–Kier alpha value is -0.940. The molecule has 4 nitrogen and oxygen atoms in total. The molecule has 2 rings (SSSR count). The summed E-state index contributed by atoms with van der Waals surface area (Å²) in [5.41, 5.74) is 0.731. The van der Waals surface area contributed by atoms with Crippen LogP contribution in [0.5, 0.6) is 0 Å². The number of pyridine rings is 1. The minimum absolute atomic E-state index is 0.0636. The Morgan fingerprint density at radius 3 is 3.20 bits per heavy atom. The van der Waals surface area contributed by atoms with E-state index in [9.17, 15) is 4.79 Å². The Bertz CT molecular complexity index is 363. The summed E-state index contributed by atoms with van der Waals surface area (Å²) in [4.78, 5) is 15.8. The third-order valence-corrected chi connectivity index (χ3v) is 3.08. The molecule has 0 saturated carbocycles. The van der Waals surface area contributed by atoms with Gasteiger partial charge in [-0.15, -0.1) is 0 Å². The van der Waals surface area contributed by atoms with Crippen molar-refractivity contribution < 1.29 is 4.79 Å². The Balaban J connectivity index is 2.02. The van der Waals surface area contributed by atoms with E-state index in [1.54, 1.807) is 12.3 Å². The van der Waals surface area contributed by atoms with E-state index in [1.165, 1.54) is 0 Å². The van der Waals surface area contributed by atoms with Crippen molar-refractivity contribution in [3.8, 4) is 0 Å². The highest BCUT2D eigenvalue weighted by atomic mass is 79.9. The van der Waals surface area contributed by atoms with Crippen LogP contribution in [-0.2, 0) is 4.79 Å². The topological polar surface area (TPSA) is 54.0 Å². The number of rotatable bonds is 2. The number of hydrogen-bond donors (Lipinski definition) is 2. The van der Waals surface area contributed by atoms with Crippen LogP contribution in [0.25, 0.3) is 0 Å². The second-order valence-corrected chi connectivity index (χ2v) is 4.27. The molecule has 0 aliphatic carbocycles. The van der Waals surface area contributed by atoms with Gasteiger partial charge in [0.25, 0.3) is 0 Å². The van der Waals surface area contributed by atoms with Crippen LogP contribution in [0.15, 0.2) is 22.9 Å². The summed E-state index contributed by atoms with van der Waals surface area (Å²) < 4.78 is 0.671. The van der Waals surface area contributed by atoms with Crippen molar-refractivity contribution in [2.75, 3.05) is 18.4 Å². The van der Waals surface area contributed by atoms with Gasteiger partial charge >= 0.3 is 0 Å². The van der Waals surface area contributed by atoms with Crippen LogP contribution >= 0.6 is 15.9 Å². The van der Waals surface area contributed by atoms with Gasteiger partial charge in [-0.3, -0.25) is 4.79 Å². The van der Waals surface area contributed by atoms with Crippen molar-refractivity contribution in [1.29, 1.82) is 0 Å². The number of hydrogen-bond acceptors (Lipinski definition) is 3. The van der Waals surface area contributed by atoms with Crippen molar-refractivity contribution in [2.45, 2.75) is 6.42 Å². The number of halogens is 1. The molecule has 1 aliphatic rings. The first-order valence-corrected chi connectivity index (χ1v) is 5.69.